The van der Waals surface area contributed by atoms with E-state index in [1.54, 1.807) is 42.7 Å². The second kappa shape index (κ2) is 11.2. The van der Waals surface area contributed by atoms with Crippen molar-refractivity contribution >= 4 is 52.4 Å². The fourth-order valence-electron chi connectivity index (χ4n) is 3.85. The maximum Gasteiger partial charge on any atom is 0.265 e. The monoisotopic (exact) mass is 497 g/mol. The summed E-state index contributed by atoms with van der Waals surface area (Å²) in [6, 6.07) is 12.0. The third-order valence-corrected chi connectivity index (χ3v) is 6.84. The van der Waals surface area contributed by atoms with Gasteiger partial charge in [0.05, 0.1) is 20.5 Å². The molecule has 0 saturated carbocycles. The molecule has 0 atom stereocenters. The van der Waals surface area contributed by atoms with Gasteiger partial charge in [-0.05, 0) is 30.3 Å². The number of amides is 2. The van der Waals surface area contributed by atoms with Gasteiger partial charge in [-0.3, -0.25) is 24.3 Å². The summed E-state index contributed by atoms with van der Waals surface area (Å²) in [5.41, 5.74) is 1.80. The average Bonchev–Trinajstić information content (AvgIpc) is 3.31. The Morgan fingerprint density at radius 2 is 1.79 bits per heavy atom. The zero-order valence-electron chi connectivity index (χ0n) is 18.4. The molecule has 2 aromatic heterocycles. The van der Waals surface area contributed by atoms with E-state index in [2.05, 4.69) is 25.4 Å². The number of aldehydes is 1. The van der Waals surface area contributed by atoms with Crippen molar-refractivity contribution in [3.05, 3.63) is 75.2 Å². The van der Waals surface area contributed by atoms with Gasteiger partial charge in [-0.15, -0.1) is 11.3 Å². The largest absolute Gasteiger partial charge is 0.369 e. The standard InChI is InChI=1S/C24H24ClN5O3S/c25-21-5-4-20(34-21)23(32)28-19-3-1-2-17(16-31)22(19)24(33)27-10-11-29-12-14-30(15-13-29)18-6-8-26-9-7-18/h1-9,16H,10-15H2,(H,27,33)(H,28,32). The highest BCUT2D eigenvalue weighted by Crippen LogP contribution is 2.24. The Labute approximate surface area is 206 Å². The molecule has 0 radical (unpaired) electrons. The number of rotatable bonds is 8. The molecule has 1 saturated heterocycles. The first-order valence-corrected chi connectivity index (χ1v) is 12.0. The number of piperazine rings is 1. The number of halogens is 1. The molecule has 0 unspecified atom stereocenters. The minimum atomic E-state index is -0.405. The van der Waals surface area contributed by atoms with Crippen LogP contribution in [0.5, 0.6) is 0 Å². The summed E-state index contributed by atoms with van der Waals surface area (Å²) < 4.78 is 0.492. The molecule has 10 heteroatoms. The molecule has 34 heavy (non-hydrogen) atoms. The number of thiophene rings is 1. The number of carbonyl (C=O) groups excluding carboxylic acids is 3. The second-order valence-corrected chi connectivity index (χ2v) is 9.45. The van der Waals surface area contributed by atoms with Gasteiger partial charge in [-0.25, -0.2) is 0 Å². The topological polar surface area (TPSA) is 94.6 Å². The van der Waals surface area contributed by atoms with E-state index in [1.165, 1.54) is 0 Å². The third-order valence-electron chi connectivity index (χ3n) is 5.61. The molecule has 1 fully saturated rings. The minimum Gasteiger partial charge on any atom is -0.369 e. The van der Waals surface area contributed by atoms with Crippen molar-refractivity contribution in [3.63, 3.8) is 0 Å². The number of hydrogen-bond donors (Lipinski definition) is 2. The molecule has 0 bridgehead atoms. The van der Waals surface area contributed by atoms with E-state index >= 15 is 0 Å². The number of pyridine rings is 1. The molecule has 3 aromatic rings. The third kappa shape index (κ3) is 5.80. The fraction of sp³-hybridized carbons (Fsp3) is 0.250. The van der Waals surface area contributed by atoms with E-state index in [0.717, 1.165) is 43.2 Å². The summed E-state index contributed by atoms with van der Waals surface area (Å²) in [5, 5.41) is 5.62. The summed E-state index contributed by atoms with van der Waals surface area (Å²) >= 11 is 7.06. The first-order chi connectivity index (χ1) is 16.5. The zero-order chi connectivity index (χ0) is 23.9. The van der Waals surface area contributed by atoms with Crippen LogP contribution in [0, 0.1) is 0 Å². The second-order valence-electron chi connectivity index (χ2n) is 7.74. The number of hydrogen-bond acceptors (Lipinski definition) is 7. The number of benzene rings is 1. The molecule has 2 N–H and O–H groups in total. The van der Waals surface area contributed by atoms with Gasteiger partial charge in [0.25, 0.3) is 11.8 Å². The Kier molecular flexibility index (Phi) is 7.89. The van der Waals surface area contributed by atoms with Crippen molar-refractivity contribution in [2.45, 2.75) is 0 Å². The molecule has 3 heterocycles. The molecule has 1 aliphatic rings. The van der Waals surface area contributed by atoms with Crippen LogP contribution in [0.15, 0.2) is 54.9 Å². The van der Waals surface area contributed by atoms with E-state index in [-0.39, 0.29) is 22.7 Å². The van der Waals surface area contributed by atoms with E-state index in [0.29, 0.717) is 28.6 Å². The van der Waals surface area contributed by atoms with Crippen molar-refractivity contribution in [1.29, 1.82) is 0 Å². The summed E-state index contributed by atoms with van der Waals surface area (Å²) in [6.07, 6.45) is 4.20. The van der Waals surface area contributed by atoms with Gasteiger partial charge in [0.1, 0.15) is 0 Å². The molecule has 8 nitrogen and oxygen atoms in total. The van der Waals surface area contributed by atoms with Gasteiger partial charge in [-0.2, -0.15) is 0 Å². The lowest BCUT2D eigenvalue weighted by molar-refractivity contribution is 0.0943. The van der Waals surface area contributed by atoms with Gasteiger partial charge < -0.3 is 15.5 Å². The molecule has 1 aliphatic heterocycles. The highest BCUT2D eigenvalue weighted by molar-refractivity contribution is 7.18. The Balaban J connectivity index is 1.34. The Bertz CT molecular complexity index is 1160. The predicted octanol–water partition coefficient (Wildman–Crippen LogP) is 3.41. The highest BCUT2D eigenvalue weighted by Gasteiger charge is 2.20. The molecule has 4 rings (SSSR count). The van der Waals surface area contributed by atoms with Crippen LogP contribution < -0.4 is 15.5 Å². The summed E-state index contributed by atoms with van der Waals surface area (Å²) in [7, 11) is 0. The normalized spacial score (nSPS) is 14.0. The molecule has 0 aliphatic carbocycles. The number of carbonyl (C=O) groups is 3. The molecule has 2 amide bonds. The minimum absolute atomic E-state index is 0.149. The van der Waals surface area contributed by atoms with Crippen LogP contribution in [0.3, 0.4) is 0 Å². The zero-order valence-corrected chi connectivity index (χ0v) is 19.9. The van der Waals surface area contributed by atoms with Crippen molar-refractivity contribution in [1.82, 2.24) is 15.2 Å². The lowest BCUT2D eigenvalue weighted by atomic mass is 10.0. The Morgan fingerprint density at radius 3 is 2.47 bits per heavy atom. The van der Waals surface area contributed by atoms with Crippen molar-refractivity contribution in [2.24, 2.45) is 0 Å². The van der Waals surface area contributed by atoms with Gasteiger partial charge in [0.15, 0.2) is 6.29 Å². The van der Waals surface area contributed by atoms with Crippen LogP contribution in [0.4, 0.5) is 11.4 Å². The number of aromatic nitrogens is 1. The lowest BCUT2D eigenvalue weighted by Crippen LogP contribution is -2.48. The maximum atomic E-state index is 13.0. The number of nitrogens with zero attached hydrogens (tertiary/aromatic N) is 3. The first kappa shape index (κ1) is 23.9. The van der Waals surface area contributed by atoms with E-state index in [1.807, 2.05) is 12.1 Å². The summed E-state index contributed by atoms with van der Waals surface area (Å²) in [4.78, 5) is 46.2. The summed E-state index contributed by atoms with van der Waals surface area (Å²) in [5.74, 6) is -0.793. The van der Waals surface area contributed by atoms with Crippen LogP contribution in [0.1, 0.15) is 30.4 Å². The smallest absolute Gasteiger partial charge is 0.265 e. The van der Waals surface area contributed by atoms with Crippen LogP contribution >= 0.6 is 22.9 Å². The average molecular weight is 498 g/mol. The maximum absolute atomic E-state index is 13.0. The van der Waals surface area contributed by atoms with Crippen LogP contribution in [-0.4, -0.2) is 67.3 Å². The quantitative estimate of drug-likeness (QED) is 0.463. The summed E-state index contributed by atoms with van der Waals surface area (Å²) in [6.45, 7) is 4.68. The number of anilines is 2. The Hall–Kier alpha value is -3.27. The molecular weight excluding hydrogens is 474 g/mol. The van der Waals surface area contributed by atoms with Crippen molar-refractivity contribution in [3.8, 4) is 0 Å². The fourth-order valence-corrected chi connectivity index (χ4v) is 4.79. The van der Waals surface area contributed by atoms with Crippen molar-refractivity contribution in [2.75, 3.05) is 49.5 Å². The van der Waals surface area contributed by atoms with Crippen molar-refractivity contribution < 1.29 is 14.4 Å². The molecule has 1 aromatic carbocycles. The predicted molar refractivity (Wildman–Crippen MR) is 134 cm³/mol. The van der Waals surface area contributed by atoms with Gasteiger partial charge >= 0.3 is 0 Å². The SMILES string of the molecule is O=Cc1cccc(NC(=O)c2ccc(Cl)s2)c1C(=O)NCCN1CCN(c2ccncc2)CC1. The van der Waals surface area contributed by atoms with Gasteiger partial charge in [0.2, 0.25) is 0 Å². The van der Waals surface area contributed by atoms with E-state index < -0.39 is 5.91 Å². The number of nitrogens with one attached hydrogen (secondary N) is 2. The Morgan fingerprint density at radius 1 is 1.03 bits per heavy atom. The van der Waals surface area contributed by atoms with Gasteiger partial charge in [0, 0.05) is 62.9 Å². The molecule has 0 spiro atoms. The first-order valence-electron chi connectivity index (χ1n) is 10.9. The van der Waals surface area contributed by atoms with Gasteiger partial charge in [-0.1, -0.05) is 23.7 Å². The lowest BCUT2D eigenvalue weighted by Gasteiger charge is -2.36. The van der Waals surface area contributed by atoms with E-state index in [4.69, 9.17) is 11.6 Å². The van der Waals surface area contributed by atoms with Crippen LogP contribution in [-0.2, 0) is 0 Å². The van der Waals surface area contributed by atoms with E-state index in [9.17, 15) is 14.4 Å². The van der Waals surface area contributed by atoms with Crippen LogP contribution in [0.25, 0.3) is 0 Å². The van der Waals surface area contributed by atoms with Crippen LogP contribution in [0.2, 0.25) is 4.34 Å². The molecule has 176 valence electrons. The highest BCUT2D eigenvalue weighted by atomic mass is 35.5. The molecular formula is C24H24ClN5O3S.